The van der Waals surface area contributed by atoms with Gasteiger partial charge < -0.3 is 10.1 Å². The van der Waals surface area contributed by atoms with Crippen LogP contribution in [0.2, 0.25) is 0 Å². The van der Waals surface area contributed by atoms with Gasteiger partial charge in [-0.05, 0) is 67.6 Å². The third-order valence-corrected chi connectivity index (χ3v) is 9.57. The lowest BCUT2D eigenvalue weighted by atomic mass is 9.79. The zero-order chi connectivity index (χ0) is 20.8. The molecular weight excluding hydrogens is 388 g/mol. The molecule has 0 saturated heterocycles. The lowest BCUT2D eigenvalue weighted by Gasteiger charge is -2.32. The van der Waals surface area contributed by atoms with Crippen molar-refractivity contribution in [3.63, 3.8) is 0 Å². The van der Waals surface area contributed by atoms with Crippen molar-refractivity contribution >= 4 is 15.9 Å². The summed E-state index contributed by atoms with van der Waals surface area (Å²) < 4.78 is 32.7. The Balaban J connectivity index is 1.55. The number of methoxy groups -OCH3 is 1. The molecule has 0 heterocycles. The Morgan fingerprint density at radius 1 is 1.14 bits per heavy atom. The van der Waals surface area contributed by atoms with Gasteiger partial charge >= 0.3 is 0 Å². The summed E-state index contributed by atoms with van der Waals surface area (Å²) in [5.74, 6) is 3.08. The number of amides is 1. The molecule has 5 atom stereocenters. The van der Waals surface area contributed by atoms with Gasteiger partial charge in [-0.1, -0.05) is 20.3 Å². The molecule has 0 radical (unpaired) electrons. The Labute approximate surface area is 174 Å². The Kier molecular flexibility index (Phi) is 5.64. The van der Waals surface area contributed by atoms with E-state index in [1.165, 1.54) is 43.2 Å². The smallest absolute Gasteiger partial charge is 0.251 e. The van der Waals surface area contributed by atoms with E-state index in [-0.39, 0.29) is 22.6 Å². The lowest BCUT2D eigenvalue weighted by molar-refractivity contribution is 0.0901. The molecule has 6 nitrogen and oxygen atoms in total. The van der Waals surface area contributed by atoms with Gasteiger partial charge in [0.05, 0.1) is 7.11 Å². The first-order valence-corrected chi connectivity index (χ1v) is 12.3. The number of carbonyl (C=O) groups excluding carboxylic acids is 1. The quantitative estimate of drug-likeness (QED) is 0.734. The topological polar surface area (TPSA) is 75.7 Å². The molecular formula is C22H32N2O4S. The van der Waals surface area contributed by atoms with Gasteiger partial charge in [0, 0.05) is 24.7 Å². The van der Waals surface area contributed by atoms with Gasteiger partial charge in [0.25, 0.3) is 5.91 Å². The van der Waals surface area contributed by atoms with Gasteiger partial charge in [-0.15, -0.1) is 0 Å². The van der Waals surface area contributed by atoms with Crippen LogP contribution in [-0.2, 0) is 10.0 Å². The van der Waals surface area contributed by atoms with Crippen molar-refractivity contribution in [2.75, 3.05) is 20.2 Å². The van der Waals surface area contributed by atoms with Crippen LogP contribution in [0.1, 0.15) is 56.3 Å². The van der Waals surface area contributed by atoms with Crippen LogP contribution in [0.5, 0.6) is 5.75 Å². The van der Waals surface area contributed by atoms with E-state index < -0.39 is 10.0 Å². The summed E-state index contributed by atoms with van der Waals surface area (Å²) in [6.45, 7) is 4.34. The van der Waals surface area contributed by atoms with Gasteiger partial charge in [-0.25, -0.2) is 8.42 Å². The summed E-state index contributed by atoms with van der Waals surface area (Å²) in [6, 6.07) is 4.92. The van der Waals surface area contributed by atoms with E-state index >= 15 is 0 Å². The molecule has 5 unspecified atom stereocenters. The van der Waals surface area contributed by atoms with Crippen LogP contribution >= 0.6 is 0 Å². The van der Waals surface area contributed by atoms with Crippen LogP contribution in [-0.4, -0.2) is 44.9 Å². The Morgan fingerprint density at radius 3 is 2.55 bits per heavy atom. The first-order valence-electron chi connectivity index (χ1n) is 10.9. The maximum absolute atomic E-state index is 13.0. The normalized spacial score (nSPS) is 30.6. The van der Waals surface area contributed by atoms with E-state index in [0.717, 1.165) is 24.2 Å². The maximum Gasteiger partial charge on any atom is 0.251 e. The predicted octanol–water partition coefficient (Wildman–Crippen LogP) is 3.28. The van der Waals surface area contributed by atoms with Crippen molar-refractivity contribution in [2.24, 2.45) is 23.7 Å². The van der Waals surface area contributed by atoms with E-state index in [4.69, 9.17) is 4.74 Å². The zero-order valence-electron chi connectivity index (χ0n) is 17.6. The molecule has 0 aromatic heterocycles. The molecule has 2 bridgehead atoms. The highest BCUT2D eigenvalue weighted by Gasteiger charge is 2.54. The number of benzene rings is 1. The lowest BCUT2D eigenvalue weighted by Crippen LogP contribution is -2.42. The monoisotopic (exact) mass is 420 g/mol. The molecule has 7 heteroatoms. The minimum Gasteiger partial charge on any atom is -0.495 e. The number of fused-ring (bicyclic) bond motifs is 5. The highest BCUT2D eigenvalue weighted by atomic mass is 32.2. The number of hydrogen-bond acceptors (Lipinski definition) is 4. The molecule has 29 heavy (non-hydrogen) atoms. The molecule has 3 aliphatic rings. The minimum absolute atomic E-state index is 0.0557. The average Bonchev–Trinajstić information content (AvgIpc) is 3.41. The Hall–Kier alpha value is -1.60. The van der Waals surface area contributed by atoms with E-state index in [1.54, 1.807) is 26.0 Å². The Bertz CT molecular complexity index is 881. The number of nitrogens with zero attached hydrogens (tertiary/aromatic N) is 1. The summed E-state index contributed by atoms with van der Waals surface area (Å²) in [5.41, 5.74) is 0.377. The average molecular weight is 421 g/mol. The Morgan fingerprint density at radius 2 is 1.86 bits per heavy atom. The maximum atomic E-state index is 13.0. The second-order valence-corrected chi connectivity index (χ2v) is 10.6. The van der Waals surface area contributed by atoms with Gasteiger partial charge in [0.1, 0.15) is 10.6 Å². The number of hydrogen-bond donors (Lipinski definition) is 1. The first-order chi connectivity index (χ1) is 13.9. The van der Waals surface area contributed by atoms with E-state index in [2.05, 4.69) is 5.32 Å². The molecule has 0 spiro atoms. The van der Waals surface area contributed by atoms with E-state index in [1.807, 2.05) is 0 Å². The number of rotatable bonds is 7. The SMILES string of the molecule is CCN(CC)S(=O)(=O)c1cc(C(=O)NC2CC3CC2C2CCCC32)ccc1OC. The largest absolute Gasteiger partial charge is 0.495 e. The van der Waals surface area contributed by atoms with E-state index in [9.17, 15) is 13.2 Å². The van der Waals surface area contributed by atoms with Gasteiger partial charge in [-0.2, -0.15) is 4.31 Å². The number of ether oxygens (including phenoxy) is 1. The summed E-state index contributed by atoms with van der Waals surface area (Å²) in [4.78, 5) is 13.1. The standard InChI is InChI=1S/C22H32N2O4S/c1-4-24(5-2)29(26,27)21-13-14(9-10-20(21)28-3)22(25)23-19-12-15-11-18(19)17-8-6-7-16(15)17/h9-10,13,15-19H,4-8,11-12H2,1-3H3,(H,23,25). The zero-order valence-corrected chi connectivity index (χ0v) is 18.4. The van der Waals surface area contributed by atoms with Crippen LogP contribution in [0.3, 0.4) is 0 Å². The van der Waals surface area contributed by atoms with Gasteiger partial charge in [0.2, 0.25) is 10.0 Å². The predicted molar refractivity (Wildman–Crippen MR) is 111 cm³/mol. The number of carbonyl (C=O) groups is 1. The molecule has 0 aliphatic heterocycles. The van der Waals surface area contributed by atoms with Gasteiger partial charge in [0.15, 0.2) is 0 Å². The fourth-order valence-electron chi connectivity index (χ4n) is 6.21. The van der Waals surface area contributed by atoms with Crippen molar-refractivity contribution in [2.45, 2.75) is 56.9 Å². The summed E-state index contributed by atoms with van der Waals surface area (Å²) in [7, 11) is -2.27. The summed E-state index contributed by atoms with van der Waals surface area (Å²) in [5, 5.41) is 3.22. The first kappa shape index (κ1) is 20.7. The number of nitrogens with one attached hydrogen (secondary N) is 1. The molecule has 3 aliphatic carbocycles. The minimum atomic E-state index is -3.72. The molecule has 1 aromatic carbocycles. The van der Waals surface area contributed by atoms with Crippen LogP contribution in [0.25, 0.3) is 0 Å². The van der Waals surface area contributed by atoms with Crippen molar-refractivity contribution in [3.05, 3.63) is 23.8 Å². The molecule has 4 rings (SSSR count). The van der Waals surface area contributed by atoms with Crippen LogP contribution < -0.4 is 10.1 Å². The fourth-order valence-corrected chi connectivity index (χ4v) is 7.85. The number of sulfonamides is 1. The molecule has 1 amide bonds. The third-order valence-electron chi connectivity index (χ3n) is 7.49. The molecule has 160 valence electrons. The van der Waals surface area contributed by atoms with Gasteiger partial charge in [-0.3, -0.25) is 4.79 Å². The fraction of sp³-hybridized carbons (Fsp3) is 0.682. The van der Waals surface area contributed by atoms with Crippen LogP contribution in [0.4, 0.5) is 0 Å². The van der Waals surface area contributed by atoms with Crippen molar-refractivity contribution in [1.82, 2.24) is 9.62 Å². The highest BCUT2D eigenvalue weighted by molar-refractivity contribution is 7.89. The van der Waals surface area contributed by atoms with Crippen molar-refractivity contribution < 1.29 is 17.9 Å². The summed E-state index contributed by atoms with van der Waals surface area (Å²) in [6.07, 6.45) is 6.29. The second-order valence-electron chi connectivity index (χ2n) is 8.69. The van der Waals surface area contributed by atoms with Crippen molar-refractivity contribution in [1.29, 1.82) is 0 Å². The summed E-state index contributed by atoms with van der Waals surface area (Å²) >= 11 is 0. The van der Waals surface area contributed by atoms with Crippen LogP contribution in [0.15, 0.2) is 23.1 Å². The molecule has 3 saturated carbocycles. The molecule has 3 fully saturated rings. The van der Waals surface area contributed by atoms with Crippen LogP contribution in [0, 0.1) is 23.7 Å². The highest BCUT2D eigenvalue weighted by Crippen LogP contribution is 2.58. The second kappa shape index (κ2) is 7.91. The third kappa shape index (κ3) is 3.46. The molecule has 1 N–H and O–H groups in total. The van der Waals surface area contributed by atoms with Crippen molar-refractivity contribution in [3.8, 4) is 5.75 Å². The van der Waals surface area contributed by atoms with E-state index in [0.29, 0.717) is 24.6 Å². The molecule has 1 aromatic rings.